The van der Waals surface area contributed by atoms with Gasteiger partial charge in [-0.25, -0.2) is 19.2 Å². The molecule has 1 aliphatic rings. The largest absolute Gasteiger partial charge is 0.460 e. The van der Waals surface area contributed by atoms with Gasteiger partial charge < -0.3 is 76.7 Å². The van der Waals surface area contributed by atoms with Gasteiger partial charge in [-0.15, -0.1) is 0 Å². The molecule has 1 aliphatic heterocycles. The Morgan fingerprint density at radius 1 is 0.495 bits per heavy atom. The third kappa shape index (κ3) is 37.6. The molecule has 0 radical (unpaired) electrons. The highest BCUT2D eigenvalue weighted by Gasteiger charge is 2.39. The number of alkyl carbamates (subject to hydrolysis) is 4. The summed E-state index contributed by atoms with van der Waals surface area (Å²) < 4.78 is 32.5. The number of hydrogen-bond donors (Lipinski definition) is 12. The Hall–Kier alpha value is -8.43. The van der Waals surface area contributed by atoms with Crippen molar-refractivity contribution >= 4 is 89.5 Å². The number of amides is 12. The maximum absolute atomic E-state index is 14.2. The molecular weight excluding hydrogens is 1220 g/mol. The van der Waals surface area contributed by atoms with Crippen molar-refractivity contribution in [3.05, 3.63) is 0 Å². The highest BCUT2D eigenvalue weighted by molar-refractivity contribution is 6.03. The van der Waals surface area contributed by atoms with Crippen molar-refractivity contribution in [3.63, 3.8) is 0 Å². The van der Waals surface area contributed by atoms with Crippen molar-refractivity contribution < 1.29 is 90.8 Å². The van der Waals surface area contributed by atoms with E-state index in [4.69, 9.17) is 39.9 Å². The Morgan fingerprint density at radius 2 is 0.892 bits per heavy atom. The number of hydrogen-bond acceptors (Lipinski definition) is 22. The number of primary amides is 1. The zero-order valence-electron chi connectivity index (χ0n) is 57.4. The van der Waals surface area contributed by atoms with Crippen LogP contribution in [0.4, 0.5) is 19.2 Å². The molecule has 528 valence electrons. The fourth-order valence-corrected chi connectivity index (χ4v) is 7.86. The van der Waals surface area contributed by atoms with Crippen molar-refractivity contribution in [2.24, 2.45) is 21.5 Å². The van der Waals surface area contributed by atoms with Crippen LogP contribution in [-0.2, 0) is 71.6 Å². The number of rotatable bonds is 26. The van der Waals surface area contributed by atoms with Gasteiger partial charge in [0, 0.05) is 19.6 Å². The second kappa shape index (κ2) is 36.7. The Bertz CT molecular complexity index is 2630. The Morgan fingerprint density at radius 3 is 1.29 bits per heavy atom. The van der Waals surface area contributed by atoms with E-state index in [9.17, 15) is 62.3 Å². The van der Waals surface area contributed by atoms with Crippen LogP contribution in [0.5, 0.6) is 0 Å². The molecule has 0 spiro atoms. The molecule has 0 bridgehead atoms. The first kappa shape index (κ1) is 82.6. The number of carbonyl (C=O) groups is 13. The third-order valence-electron chi connectivity index (χ3n) is 11.6. The standard InChI is InChI=1S/C59H103N15O19/c1-33(65-45(81)35(66-39(75)30-60)24-21-27-63-49(72-52(86)92-58(14,15)16)73-53(87)93-59(17,18)19)43(79)68-34(23-20-26-62-48(70-50(84)90-56(8,9)10)71-51(85)91-57(11,12)13)44(80)64-31-40(76)67-36(29-41(77)89-55(5,6)7)46(82)69-37(32-88-54(2,3)4)47(83)74-28-22-25-38(74)42(61)78/h33-38H,20-32,60H2,1-19H3,(H2,61,78)(H,64,80)(H,65,81)(H,66,75)(H,67,76)(H,68,79)(H,69,82)(H2,62,70,71,84,85)(H2,63,72,73,86,87)/t33-,34-,35-,36-,37-,38-/m0/s1. The number of nitrogens with zero attached hydrogens (tertiary/aromatic N) is 3. The summed E-state index contributed by atoms with van der Waals surface area (Å²) in [5.41, 5.74) is 5.48. The number of nitrogens with two attached hydrogens (primary N) is 2. The first-order chi connectivity index (χ1) is 42.4. The first-order valence-electron chi connectivity index (χ1n) is 30.5. The van der Waals surface area contributed by atoms with Gasteiger partial charge in [0.25, 0.3) is 0 Å². The Labute approximate surface area is 543 Å². The monoisotopic (exact) mass is 1330 g/mol. The van der Waals surface area contributed by atoms with Crippen LogP contribution >= 0.6 is 0 Å². The maximum Gasteiger partial charge on any atom is 0.414 e. The minimum atomic E-state index is -1.75. The quantitative estimate of drug-likeness (QED) is 0.0188. The Kier molecular flexibility index (Phi) is 32.6. The topological polar surface area (TPSA) is 478 Å². The van der Waals surface area contributed by atoms with Crippen molar-refractivity contribution in [3.8, 4) is 0 Å². The van der Waals surface area contributed by atoms with E-state index in [2.05, 4.69) is 63.2 Å². The normalized spacial score (nSPS) is 15.1. The van der Waals surface area contributed by atoms with Crippen LogP contribution in [0.2, 0.25) is 0 Å². The average molecular weight is 1330 g/mol. The minimum absolute atomic E-state index is 0.0101. The van der Waals surface area contributed by atoms with E-state index in [1.807, 2.05) is 0 Å². The second-order valence-corrected chi connectivity index (χ2v) is 27.6. The lowest BCUT2D eigenvalue weighted by molar-refractivity contribution is -0.156. The van der Waals surface area contributed by atoms with Crippen LogP contribution < -0.4 is 64.6 Å². The summed E-state index contributed by atoms with van der Waals surface area (Å²) in [7, 11) is 0. The van der Waals surface area contributed by atoms with Crippen LogP contribution in [0.3, 0.4) is 0 Å². The summed E-state index contributed by atoms with van der Waals surface area (Å²) in [5.74, 6) is -8.95. The molecule has 34 heteroatoms. The van der Waals surface area contributed by atoms with Gasteiger partial charge in [0.2, 0.25) is 59.2 Å². The number of nitrogens with one attached hydrogen (secondary N) is 10. The Balaban J connectivity index is 3.68. The highest BCUT2D eigenvalue weighted by Crippen LogP contribution is 2.20. The SMILES string of the molecule is C[C@H](NC(=O)[C@H](CCCN=C(NC(=O)OC(C)(C)C)NC(=O)OC(C)(C)C)NC(=O)CN)C(=O)N[C@@H](CCCN=C(NC(=O)OC(C)(C)C)NC(=O)OC(C)(C)C)C(=O)NCC(=O)N[C@@H](CC(=O)OC(C)(C)C)C(=O)N[C@@H](COC(C)(C)C)C(=O)N1CCC[C@H]1C(N)=O. The van der Waals surface area contributed by atoms with Gasteiger partial charge in [0.05, 0.1) is 31.7 Å². The van der Waals surface area contributed by atoms with E-state index >= 15 is 0 Å². The number of likely N-dealkylation sites (tertiary alicyclic amines) is 1. The van der Waals surface area contributed by atoms with Crippen LogP contribution in [0.1, 0.15) is 176 Å². The van der Waals surface area contributed by atoms with Crippen LogP contribution in [0, 0.1) is 0 Å². The lowest BCUT2D eigenvalue weighted by atomic mass is 10.1. The number of guanidine groups is 2. The summed E-state index contributed by atoms with van der Waals surface area (Å²) in [6.45, 7) is 28.2. The molecule has 0 aromatic carbocycles. The van der Waals surface area contributed by atoms with Gasteiger partial charge in [-0.2, -0.15) is 0 Å². The molecule has 1 rings (SSSR count). The van der Waals surface area contributed by atoms with Gasteiger partial charge in [-0.05, 0) is 170 Å². The van der Waals surface area contributed by atoms with Crippen LogP contribution in [-0.4, -0.2) is 204 Å². The van der Waals surface area contributed by atoms with Crippen molar-refractivity contribution in [2.45, 2.75) is 246 Å². The molecular formula is C59H103N15O19. The molecule has 93 heavy (non-hydrogen) atoms. The van der Waals surface area contributed by atoms with E-state index in [0.29, 0.717) is 6.42 Å². The molecule has 1 saturated heterocycles. The third-order valence-corrected chi connectivity index (χ3v) is 11.6. The van der Waals surface area contributed by atoms with E-state index in [1.54, 1.807) is 125 Å². The van der Waals surface area contributed by atoms with E-state index in [0.717, 1.165) is 0 Å². The number of esters is 1. The fraction of sp³-hybridized carbons (Fsp3) is 0.746. The first-order valence-corrected chi connectivity index (χ1v) is 30.5. The molecule has 0 aliphatic carbocycles. The summed E-state index contributed by atoms with van der Waals surface area (Å²) in [6.07, 6.45) is -4.52. The minimum Gasteiger partial charge on any atom is -0.460 e. The average Bonchev–Trinajstić information content (AvgIpc) is 1.83. The highest BCUT2D eigenvalue weighted by atomic mass is 16.6. The molecule has 1 fully saturated rings. The molecule has 0 unspecified atom stereocenters. The molecule has 0 aromatic rings. The van der Waals surface area contributed by atoms with Gasteiger partial charge >= 0.3 is 30.3 Å². The predicted molar refractivity (Wildman–Crippen MR) is 338 cm³/mol. The zero-order valence-corrected chi connectivity index (χ0v) is 57.4. The van der Waals surface area contributed by atoms with Gasteiger partial charge in [-0.1, -0.05) is 0 Å². The number of aliphatic imine (C=N–C) groups is 2. The van der Waals surface area contributed by atoms with Crippen LogP contribution in [0.15, 0.2) is 9.98 Å². The molecule has 12 amide bonds. The van der Waals surface area contributed by atoms with Crippen LogP contribution in [0.25, 0.3) is 0 Å². The number of carbonyl (C=O) groups excluding carboxylic acids is 13. The molecule has 0 saturated carbocycles. The van der Waals surface area contributed by atoms with Crippen molar-refractivity contribution in [1.82, 2.24) is 58.1 Å². The van der Waals surface area contributed by atoms with Gasteiger partial charge in [-0.3, -0.25) is 74.4 Å². The predicted octanol–water partition coefficient (Wildman–Crippen LogP) is 0.900. The van der Waals surface area contributed by atoms with Crippen molar-refractivity contribution in [1.29, 1.82) is 0 Å². The smallest absolute Gasteiger partial charge is 0.414 e. The number of ether oxygens (including phenoxy) is 6. The maximum atomic E-state index is 14.2. The second-order valence-electron chi connectivity index (χ2n) is 27.6. The van der Waals surface area contributed by atoms with Crippen molar-refractivity contribution in [2.75, 3.05) is 39.3 Å². The lowest BCUT2D eigenvalue weighted by Gasteiger charge is -2.31. The molecule has 34 nitrogen and oxygen atoms in total. The molecule has 0 aromatic heterocycles. The van der Waals surface area contributed by atoms with E-state index in [1.165, 1.54) is 11.8 Å². The van der Waals surface area contributed by atoms with E-state index < -0.39 is 180 Å². The summed E-state index contributed by atoms with van der Waals surface area (Å²) in [5, 5.41) is 24.1. The lowest BCUT2D eigenvalue weighted by Crippen LogP contribution is -2.59. The van der Waals surface area contributed by atoms with Gasteiger partial charge in [0.1, 0.15) is 64.3 Å². The summed E-state index contributed by atoms with van der Waals surface area (Å²) >= 11 is 0. The molecule has 1 heterocycles. The summed E-state index contributed by atoms with van der Waals surface area (Å²) in [6, 6.07) is -8.55. The molecule has 14 N–H and O–H groups in total. The fourth-order valence-electron chi connectivity index (χ4n) is 7.86. The van der Waals surface area contributed by atoms with E-state index in [-0.39, 0.29) is 57.7 Å². The zero-order chi connectivity index (χ0) is 71.6. The molecule has 6 atom stereocenters. The summed E-state index contributed by atoms with van der Waals surface area (Å²) in [4.78, 5) is 183. The van der Waals surface area contributed by atoms with Gasteiger partial charge in [0.15, 0.2) is 0 Å².